The normalized spacial score (nSPS) is 18.4. The van der Waals surface area contributed by atoms with Gasteiger partial charge in [0.1, 0.15) is 12.1 Å². The molecule has 3 N–H and O–H groups in total. The molecule has 1 aliphatic heterocycles. The number of nitrogens with one attached hydrogen (secondary N) is 2. The number of amides is 1. The maximum Gasteiger partial charge on any atom is 0.329 e. The Kier molecular flexibility index (Phi) is 10.7. The summed E-state index contributed by atoms with van der Waals surface area (Å²) in [6.45, 7) is 7.27. The summed E-state index contributed by atoms with van der Waals surface area (Å²) in [5.74, 6) is 0.0329. The van der Waals surface area contributed by atoms with Crippen LogP contribution in [0.4, 0.5) is 11.4 Å². The maximum absolute atomic E-state index is 12.7. The van der Waals surface area contributed by atoms with Crippen LogP contribution in [-0.4, -0.2) is 59.1 Å². The van der Waals surface area contributed by atoms with E-state index in [1.165, 1.54) is 36.8 Å². The molecule has 1 amide bonds. The van der Waals surface area contributed by atoms with Gasteiger partial charge in [-0.05, 0) is 82.6 Å². The first-order valence-corrected chi connectivity index (χ1v) is 15.1. The van der Waals surface area contributed by atoms with Crippen LogP contribution in [0.15, 0.2) is 48.5 Å². The number of likely N-dealkylation sites (tertiary alicyclic amines) is 1. The van der Waals surface area contributed by atoms with Gasteiger partial charge in [0, 0.05) is 24.5 Å². The van der Waals surface area contributed by atoms with E-state index in [2.05, 4.69) is 10.6 Å². The van der Waals surface area contributed by atoms with Crippen molar-refractivity contribution < 1.29 is 24.2 Å². The third-order valence-corrected chi connectivity index (χ3v) is 7.96. The van der Waals surface area contributed by atoms with Crippen molar-refractivity contribution in [3.05, 3.63) is 59.7 Å². The number of ether oxygens (including phenoxy) is 1. The monoisotopic (exact) mass is 563 g/mol. The Hall–Kier alpha value is -3.55. The minimum absolute atomic E-state index is 0.0774. The Morgan fingerprint density at radius 1 is 0.805 bits per heavy atom. The zero-order valence-corrected chi connectivity index (χ0v) is 24.6. The summed E-state index contributed by atoms with van der Waals surface area (Å²) in [6.07, 6.45) is 7.55. The van der Waals surface area contributed by atoms with Gasteiger partial charge in [-0.2, -0.15) is 0 Å². The predicted octanol–water partition coefficient (Wildman–Crippen LogP) is 5.79. The molecule has 222 valence electrons. The molecule has 8 nitrogen and oxygen atoms in total. The number of benzene rings is 2. The van der Waals surface area contributed by atoms with Crippen LogP contribution < -0.4 is 10.6 Å². The third-order valence-electron chi connectivity index (χ3n) is 7.96. The van der Waals surface area contributed by atoms with Crippen molar-refractivity contribution in [2.24, 2.45) is 11.8 Å². The molecule has 2 aromatic carbocycles. The van der Waals surface area contributed by atoms with Gasteiger partial charge in [-0.3, -0.25) is 4.79 Å². The zero-order valence-electron chi connectivity index (χ0n) is 24.6. The van der Waals surface area contributed by atoms with E-state index in [4.69, 9.17) is 9.84 Å². The molecular formula is C33H45N3O5. The lowest BCUT2D eigenvalue weighted by molar-refractivity contribution is -0.159. The fourth-order valence-corrected chi connectivity index (χ4v) is 5.01. The Labute approximate surface area is 243 Å². The van der Waals surface area contributed by atoms with Crippen molar-refractivity contribution in [2.75, 3.05) is 23.7 Å². The van der Waals surface area contributed by atoms with Gasteiger partial charge in [0.05, 0.1) is 0 Å². The lowest BCUT2D eigenvalue weighted by atomic mass is 10.1. The molecule has 8 heteroatoms. The first-order chi connectivity index (χ1) is 19.7. The number of carboxylic acids is 1. The Bertz CT molecular complexity index is 1150. The molecule has 0 radical (unpaired) electrons. The van der Waals surface area contributed by atoms with Crippen molar-refractivity contribution in [2.45, 2.75) is 90.3 Å². The highest BCUT2D eigenvalue weighted by molar-refractivity contribution is 5.86. The highest BCUT2D eigenvalue weighted by Gasteiger charge is 2.33. The fourth-order valence-electron chi connectivity index (χ4n) is 5.01. The number of hydrogen-bond acceptors (Lipinski definition) is 6. The maximum atomic E-state index is 12.7. The van der Waals surface area contributed by atoms with Crippen LogP contribution in [-0.2, 0) is 19.1 Å². The second-order valence-corrected chi connectivity index (χ2v) is 11.9. The Balaban J connectivity index is 0.000000208. The summed E-state index contributed by atoms with van der Waals surface area (Å²) in [5, 5.41) is 15.5. The van der Waals surface area contributed by atoms with E-state index in [0.29, 0.717) is 11.8 Å². The largest absolute Gasteiger partial charge is 0.480 e. The number of esters is 1. The molecule has 0 unspecified atom stereocenters. The van der Waals surface area contributed by atoms with Crippen molar-refractivity contribution in [1.82, 2.24) is 4.90 Å². The minimum Gasteiger partial charge on any atom is -0.480 e. The second kappa shape index (κ2) is 14.4. The summed E-state index contributed by atoms with van der Waals surface area (Å²) in [4.78, 5) is 37.9. The lowest BCUT2D eigenvalue weighted by Gasteiger charge is -2.24. The van der Waals surface area contributed by atoms with Crippen molar-refractivity contribution in [3.63, 3.8) is 0 Å². The summed E-state index contributed by atoms with van der Waals surface area (Å²) < 4.78 is 5.52. The van der Waals surface area contributed by atoms with E-state index in [-0.39, 0.29) is 11.9 Å². The first-order valence-electron chi connectivity index (χ1n) is 15.1. The SMILES string of the molecule is Cc1ccc(N[C@H](CC2CC2)C(=O)O)cc1.Cc1ccc(N[C@H](CC2CC2)C(=O)O[C@@H](C)C(=O)N2CCCC2)cc1. The average Bonchev–Trinajstić information content (AvgIpc) is 3.89. The van der Waals surface area contributed by atoms with Gasteiger partial charge in [-0.15, -0.1) is 0 Å². The summed E-state index contributed by atoms with van der Waals surface area (Å²) in [6, 6.07) is 15.0. The molecule has 0 aromatic heterocycles. The number of aliphatic carboxylic acids is 1. The summed E-state index contributed by atoms with van der Waals surface area (Å²) in [5.41, 5.74) is 4.15. The van der Waals surface area contributed by atoms with Crippen molar-refractivity contribution in [1.29, 1.82) is 0 Å². The molecule has 2 saturated carbocycles. The predicted molar refractivity (Wildman–Crippen MR) is 161 cm³/mol. The Morgan fingerprint density at radius 3 is 1.68 bits per heavy atom. The van der Waals surface area contributed by atoms with Gasteiger partial charge in [-0.25, -0.2) is 9.59 Å². The fraction of sp³-hybridized carbons (Fsp3) is 0.545. The van der Waals surface area contributed by atoms with Gasteiger partial charge < -0.3 is 25.4 Å². The second-order valence-electron chi connectivity index (χ2n) is 11.9. The molecule has 41 heavy (non-hydrogen) atoms. The van der Waals surface area contributed by atoms with Gasteiger partial charge in [0.2, 0.25) is 0 Å². The van der Waals surface area contributed by atoms with Crippen LogP contribution in [0.25, 0.3) is 0 Å². The molecule has 2 aliphatic carbocycles. The van der Waals surface area contributed by atoms with Gasteiger partial charge in [0.15, 0.2) is 6.10 Å². The first kappa shape index (κ1) is 30.4. The molecule has 3 atom stereocenters. The van der Waals surface area contributed by atoms with E-state index in [0.717, 1.165) is 50.1 Å². The Morgan fingerprint density at radius 2 is 1.24 bits per heavy atom. The van der Waals surface area contributed by atoms with E-state index in [9.17, 15) is 14.4 Å². The smallest absolute Gasteiger partial charge is 0.329 e. The van der Waals surface area contributed by atoms with Crippen LogP contribution in [0.3, 0.4) is 0 Å². The molecule has 3 aliphatic rings. The number of rotatable bonds is 12. The van der Waals surface area contributed by atoms with E-state index in [1.54, 1.807) is 11.8 Å². The number of aryl methyl sites for hydroxylation is 2. The molecule has 0 bridgehead atoms. The number of hydrogen-bond donors (Lipinski definition) is 3. The van der Waals surface area contributed by atoms with Crippen molar-refractivity contribution >= 4 is 29.2 Å². The van der Waals surface area contributed by atoms with Crippen LogP contribution in [0, 0.1) is 25.7 Å². The van der Waals surface area contributed by atoms with Crippen molar-refractivity contribution in [3.8, 4) is 0 Å². The molecular weight excluding hydrogens is 518 g/mol. The molecule has 1 heterocycles. The van der Waals surface area contributed by atoms with Gasteiger partial charge >= 0.3 is 11.9 Å². The third kappa shape index (κ3) is 10.1. The van der Waals surface area contributed by atoms with E-state index in [1.807, 2.05) is 62.4 Å². The molecule has 3 fully saturated rings. The lowest BCUT2D eigenvalue weighted by Crippen LogP contribution is -2.41. The van der Waals surface area contributed by atoms with Crippen LogP contribution in [0.2, 0.25) is 0 Å². The highest BCUT2D eigenvalue weighted by atomic mass is 16.5. The number of carboxylic acid groups (broad SMARTS) is 1. The topological polar surface area (TPSA) is 108 Å². The zero-order chi connectivity index (χ0) is 29.4. The van der Waals surface area contributed by atoms with Gasteiger partial charge in [0.25, 0.3) is 5.91 Å². The summed E-state index contributed by atoms with van der Waals surface area (Å²) >= 11 is 0. The molecule has 5 rings (SSSR count). The molecule has 0 spiro atoms. The van der Waals surface area contributed by atoms with Crippen LogP contribution >= 0.6 is 0 Å². The van der Waals surface area contributed by atoms with Crippen LogP contribution in [0.1, 0.15) is 69.4 Å². The number of nitrogens with zero attached hydrogens (tertiary/aromatic N) is 1. The van der Waals surface area contributed by atoms with E-state index >= 15 is 0 Å². The standard InChI is InChI=1S/C20H28N2O3.C13H17NO2/c1-14-5-9-17(10-6-14)21-18(13-16-7-8-16)20(24)25-15(2)19(23)22-11-3-4-12-22;1-9-2-6-11(7-3-9)14-12(13(15)16)8-10-4-5-10/h5-6,9-10,15-16,18,21H,3-4,7-8,11-13H2,1-2H3;2-3,6-7,10,12,14H,4-5,8H2,1H3,(H,15,16)/t15-,18+;12-/m01/s1. The highest BCUT2D eigenvalue weighted by Crippen LogP contribution is 2.35. The minimum atomic E-state index is -0.757. The number of anilines is 2. The van der Waals surface area contributed by atoms with E-state index < -0.39 is 24.2 Å². The molecule has 2 aromatic rings. The quantitative estimate of drug-likeness (QED) is 0.281. The number of carbonyl (C=O) groups excluding carboxylic acids is 2. The van der Waals surface area contributed by atoms with Gasteiger partial charge in [-0.1, -0.05) is 61.1 Å². The number of carbonyl (C=O) groups is 3. The molecule has 1 saturated heterocycles. The average molecular weight is 564 g/mol. The van der Waals surface area contributed by atoms with Crippen LogP contribution in [0.5, 0.6) is 0 Å². The summed E-state index contributed by atoms with van der Waals surface area (Å²) in [7, 11) is 0.